The Morgan fingerprint density at radius 1 is 1.44 bits per heavy atom. The molecule has 0 aromatic carbocycles. The van der Waals surface area contributed by atoms with Gasteiger partial charge in [0.15, 0.2) is 0 Å². The normalized spacial score (nSPS) is 38.8. The Morgan fingerprint density at radius 2 is 2.38 bits per heavy atom. The van der Waals surface area contributed by atoms with E-state index in [1.54, 1.807) is 0 Å². The monoisotopic (exact) mass is 224 g/mol. The fourth-order valence-corrected chi connectivity index (χ4v) is 3.25. The summed E-state index contributed by atoms with van der Waals surface area (Å²) in [5.41, 5.74) is 0.398. The summed E-state index contributed by atoms with van der Waals surface area (Å²) < 4.78 is 5.29. The largest absolute Gasteiger partial charge is 0.381 e. The lowest BCUT2D eigenvalue weighted by molar-refractivity contribution is -0.134. The first-order valence-electron chi connectivity index (χ1n) is 6.36. The van der Waals surface area contributed by atoms with E-state index in [4.69, 9.17) is 4.74 Å². The SMILES string of the molecule is O=C(C1CCOC1)N1CCC2(CCNC2)C1. The second-order valence-corrected chi connectivity index (χ2v) is 5.50. The summed E-state index contributed by atoms with van der Waals surface area (Å²) in [6.45, 7) is 5.54. The first-order valence-corrected chi connectivity index (χ1v) is 6.36. The van der Waals surface area contributed by atoms with Crippen LogP contribution < -0.4 is 5.32 Å². The minimum atomic E-state index is 0.143. The zero-order valence-electron chi connectivity index (χ0n) is 9.71. The van der Waals surface area contributed by atoms with Gasteiger partial charge in [0.1, 0.15) is 0 Å². The molecule has 3 aliphatic rings. The summed E-state index contributed by atoms with van der Waals surface area (Å²) in [5, 5.41) is 3.42. The van der Waals surface area contributed by atoms with Crippen LogP contribution in [-0.4, -0.2) is 50.2 Å². The molecule has 3 aliphatic heterocycles. The molecular formula is C12H20N2O2. The van der Waals surface area contributed by atoms with Crippen molar-refractivity contribution in [2.75, 3.05) is 39.4 Å². The van der Waals surface area contributed by atoms with Crippen LogP contribution in [0.25, 0.3) is 0 Å². The summed E-state index contributed by atoms with van der Waals surface area (Å²) in [6, 6.07) is 0. The molecule has 3 saturated heterocycles. The van der Waals surface area contributed by atoms with Crippen LogP contribution in [0, 0.1) is 11.3 Å². The molecule has 1 spiro atoms. The van der Waals surface area contributed by atoms with Gasteiger partial charge in [0.25, 0.3) is 0 Å². The first-order chi connectivity index (χ1) is 7.79. The van der Waals surface area contributed by atoms with Gasteiger partial charge in [0.05, 0.1) is 12.5 Å². The Balaban J connectivity index is 1.62. The molecule has 2 atom stereocenters. The van der Waals surface area contributed by atoms with Crippen LogP contribution in [0.1, 0.15) is 19.3 Å². The van der Waals surface area contributed by atoms with Crippen LogP contribution in [0.5, 0.6) is 0 Å². The van der Waals surface area contributed by atoms with Crippen LogP contribution in [0.3, 0.4) is 0 Å². The molecule has 1 amide bonds. The van der Waals surface area contributed by atoms with E-state index < -0.39 is 0 Å². The highest BCUT2D eigenvalue weighted by Gasteiger charge is 2.43. The van der Waals surface area contributed by atoms with Crippen molar-refractivity contribution in [3.05, 3.63) is 0 Å². The Bertz CT molecular complexity index is 281. The molecule has 0 aromatic rings. The van der Waals surface area contributed by atoms with Crippen LogP contribution in [0.15, 0.2) is 0 Å². The third-order valence-electron chi connectivity index (χ3n) is 4.36. The fourth-order valence-electron chi connectivity index (χ4n) is 3.25. The maximum Gasteiger partial charge on any atom is 0.228 e. The predicted octanol–water partition coefficient (Wildman–Crippen LogP) is 0.235. The van der Waals surface area contributed by atoms with Crippen molar-refractivity contribution in [1.29, 1.82) is 0 Å². The highest BCUT2D eigenvalue weighted by Crippen LogP contribution is 2.36. The van der Waals surface area contributed by atoms with Crippen molar-refractivity contribution in [2.45, 2.75) is 19.3 Å². The molecule has 0 aromatic heterocycles. The smallest absolute Gasteiger partial charge is 0.228 e. The number of amides is 1. The number of hydrogen-bond donors (Lipinski definition) is 1. The molecule has 90 valence electrons. The maximum absolute atomic E-state index is 12.2. The van der Waals surface area contributed by atoms with E-state index in [0.717, 1.165) is 39.2 Å². The number of hydrogen-bond acceptors (Lipinski definition) is 3. The topological polar surface area (TPSA) is 41.6 Å². The summed E-state index contributed by atoms with van der Waals surface area (Å²) in [7, 11) is 0. The molecule has 0 saturated carbocycles. The van der Waals surface area contributed by atoms with Gasteiger partial charge in [-0.25, -0.2) is 0 Å². The van der Waals surface area contributed by atoms with Gasteiger partial charge in [0.2, 0.25) is 5.91 Å². The van der Waals surface area contributed by atoms with E-state index in [9.17, 15) is 4.79 Å². The van der Waals surface area contributed by atoms with Gasteiger partial charge in [-0.3, -0.25) is 4.79 Å². The lowest BCUT2D eigenvalue weighted by Crippen LogP contribution is -2.37. The van der Waals surface area contributed by atoms with Gasteiger partial charge in [-0.2, -0.15) is 0 Å². The third-order valence-corrected chi connectivity index (χ3v) is 4.36. The second-order valence-electron chi connectivity index (χ2n) is 5.50. The number of ether oxygens (including phenoxy) is 1. The highest BCUT2D eigenvalue weighted by molar-refractivity contribution is 5.79. The van der Waals surface area contributed by atoms with Gasteiger partial charge in [-0.05, 0) is 25.8 Å². The van der Waals surface area contributed by atoms with Crippen molar-refractivity contribution < 1.29 is 9.53 Å². The number of nitrogens with one attached hydrogen (secondary N) is 1. The number of carbonyl (C=O) groups is 1. The van der Waals surface area contributed by atoms with Crippen molar-refractivity contribution in [3.63, 3.8) is 0 Å². The van der Waals surface area contributed by atoms with Crippen molar-refractivity contribution in [3.8, 4) is 0 Å². The number of rotatable bonds is 1. The van der Waals surface area contributed by atoms with E-state index in [1.807, 2.05) is 0 Å². The molecule has 0 aliphatic carbocycles. The zero-order valence-corrected chi connectivity index (χ0v) is 9.71. The third kappa shape index (κ3) is 1.74. The van der Waals surface area contributed by atoms with Crippen LogP contribution >= 0.6 is 0 Å². The van der Waals surface area contributed by atoms with Gasteiger partial charge < -0.3 is 15.0 Å². The summed E-state index contributed by atoms with van der Waals surface area (Å²) in [6.07, 6.45) is 3.33. The van der Waals surface area contributed by atoms with Gasteiger partial charge >= 0.3 is 0 Å². The van der Waals surface area contributed by atoms with Crippen molar-refractivity contribution in [2.24, 2.45) is 11.3 Å². The zero-order chi connectivity index (χ0) is 11.0. The molecular weight excluding hydrogens is 204 g/mol. The Hall–Kier alpha value is -0.610. The average molecular weight is 224 g/mol. The predicted molar refractivity (Wildman–Crippen MR) is 60.0 cm³/mol. The Morgan fingerprint density at radius 3 is 3.06 bits per heavy atom. The summed E-state index contributed by atoms with van der Waals surface area (Å²) in [5.74, 6) is 0.478. The molecule has 0 bridgehead atoms. The molecule has 3 heterocycles. The summed E-state index contributed by atoms with van der Waals surface area (Å²) >= 11 is 0. The molecule has 3 fully saturated rings. The van der Waals surface area contributed by atoms with Gasteiger partial charge in [-0.1, -0.05) is 0 Å². The average Bonchev–Trinajstić information content (AvgIpc) is 3.01. The highest BCUT2D eigenvalue weighted by atomic mass is 16.5. The van der Waals surface area contributed by atoms with Crippen LogP contribution in [0.4, 0.5) is 0 Å². The maximum atomic E-state index is 12.2. The van der Waals surface area contributed by atoms with E-state index in [-0.39, 0.29) is 5.92 Å². The lowest BCUT2D eigenvalue weighted by Gasteiger charge is -2.24. The fraction of sp³-hybridized carbons (Fsp3) is 0.917. The molecule has 4 heteroatoms. The molecule has 0 radical (unpaired) electrons. The Labute approximate surface area is 96.3 Å². The van der Waals surface area contributed by atoms with E-state index in [0.29, 0.717) is 17.9 Å². The minimum Gasteiger partial charge on any atom is -0.381 e. The minimum absolute atomic E-state index is 0.143. The molecule has 1 N–H and O–H groups in total. The van der Waals surface area contributed by atoms with Gasteiger partial charge in [-0.15, -0.1) is 0 Å². The number of likely N-dealkylation sites (tertiary alicyclic amines) is 1. The van der Waals surface area contributed by atoms with Crippen LogP contribution in [0.2, 0.25) is 0 Å². The van der Waals surface area contributed by atoms with E-state index in [2.05, 4.69) is 10.2 Å². The molecule has 2 unspecified atom stereocenters. The molecule has 3 rings (SSSR count). The molecule has 4 nitrogen and oxygen atoms in total. The first kappa shape index (κ1) is 10.5. The number of carbonyl (C=O) groups excluding carboxylic acids is 1. The van der Waals surface area contributed by atoms with Crippen molar-refractivity contribution in [1.82, 2.24) is 10.2 Å². The lowest BCUT2D eigenvalue weighted by atomic mass is 9.86. The molecule has 16 heavy (non-hydrogen) atoms. The summed E-state index contributed by atoms with van der Waals surface area (Å²) in [4.78, 5) is 14.3. The van der Waals surface area contributed by atoms with Crippen LogP contribution in [-0.2, 0) is 9.53 Å². The van der Waals surface area contributed by atoms with E-state index >= 15 is 0 Å². The Kier molecular flexibility index (Phi) is 2.64. The standard InChI is InChI=1S/C12H20N2O2/c15-11(10-1-6-16-7-10)14-5-3-12(9-14)2-4-13-8-12/h10,13H,1-9H2. The number of nitrogens with zero attached hydrogens (tertiary/aromatic N) is 1. The van der Waals surface area contributed by atoms with Gasteiger partial charge in [0, 0.05) is 31.7 Å². The van der Waals surface area contributed by atoms with Crippen molar-refractivity contribution >= 4 is 5.91 Å². The van der Waals surface area contributed by atoms with E-state index in [1.165, 1.54) is 12.8 Å². The quantitative estimate of drug-likeness (QED) is 0.693. The second kappa shape index (κ2) is 4.00.